The van der Waals surface area contributed by atoms with Crippen LogP contribution in [0.15, 0.2) is 23.0 Å². The van der Waals surface area contributed by atoms with Crippen molar-refractivity contribution in [1.29, 1.82) is 0 Å². The number of aryl methyl sites for hydroxylation is 2. The Morgan fingerprint density at radius 3 is 2.76 bits per heavy atom. The first kappa shape index (κ1) is 17.0. The highest BCUT2D eigenvalue weighted by molar-refractivity contribution is 5.80. The number of fused-ring (bicyclic) bond motifs is 1. The first-order chi connectivity index (χ1) is 11.9. The van der Waals surface area contributed by atoms with E-state index in [1.165, 1.54) is 0 Å². The lowest BCUT2D eigenvalue weighted by Gasteiger charge is -2.16. The number of H-pyrrole nitrogens is 1. The van der Waals surface area contributed by atoms with Crippen LogP contribution in [-0.4, -0.2) is 40.5 Å². The Balaban J connectivity index is 2.23. The Bertz CT molecular complexity index is 971. The lowest BCUT2D eigenvalue weighted by molar-refractivity contribution is 0.318. The smallest absolute Gasteiger partial charge is 0.262 e. The molecule has 7 heteroatoms. The van der Waals surface area contributed by atoms with Gasteiger partial charge in [0.25, 0.3) is 5.56 Å². The molecule has 25 heavy (non-hydrogen) atoms. The highest BCUT2D eigenvalue weighted by atomic mass is 16.5. The predicted molar refractivity (Wildman–Crippen MR) is 99.4 cm³/mol. The maximum absolute atomic E-state index is 12.6. The van der Waals surface area contributed by atoms with Gasteiger partial charge in [0.05, 0.1) is 17.9 Å². The highest BCUT2D eigenvalue weighted by Gasteiger charge is 2.16. The summed E-state index contributed by atoms with van der Waals surface area (Å²) >= 11 is 0. The molecule has 7 nitrogen and oxygen atoms in total. The molecule has 1 aromatic carbocycles. The molecule has 0 unspecified atom stereocenters. The summed E-state index contributed by atoms with van der Waals surface area (Å²) in [5, 5.41) is 4.82. The summed E-state index contributed by atoms with van der Waals surface area (Å²) in [7, 11) is 5.72. The van der Waals surface area contributed by atoms with Gasteiger partial charge in [-0.05, 0) is 31.5 Å². The molecule has 0 atom stereocenters. The summed E-state index contributed by atoms with van der Waals surface area (Å²) in [6.45, 7) is 4.46. The third-order valence-electron chi connectivity index (χ3n) is 4.06. The highest BCUT2D eigenvalue weighted by Crippen LogP contribution is 2.32. The number of benzene rings is 1. The monoisotopic (exact) mass is 341 g/mol. The second-order valence-electron chi connectivity index (χ2n) is 6.25. The largest absolute Gasteiger partial charge is 0.493 e. The molecule has 2 heterocycles. The van der Waals surface area contributed by atoms with E-state index in [1.54, 1.807) is 18.7 Å². The number of aromatic nitrogens is 4. The zero-order valence-electron chi connectivity index (χ0n) is 15.3. The molecule has 0 saturated carbocycles. The molecule has 0 amide bonds. The normalized spacial score (nSPS) is 11.1. The summed E-state index contributed by atoms with van der Waals surface area (Å²) < 4.78 is 7.49. The van der Waals surface area contributed by atoms with Gasteiger partial charge in [0.2, 0.25) is 0 Å². The van der Waals surface area contributed by atoms with Crippen molar-refractivity contribution in [2.75, 3.05) is 25.6 Å². The van der Waals surface area contributed by atoms with Crippen molar-refractivity contribution in [2.45, 2.75) is 20.3 Å². The van der Waals surface area contributed by atoms with Crippen LogP contribution in [0.1, 0.15) is 19.0 Å². The van der Waals surface area contributed by atoms with E-state index in [1.807, 2.05) is 37.2 Å². The summed E-state index contributed by atoms with van der Waals surface area (Å²) in [6.07, 6.45) is 0.902. The van der Waals surface area contributed by atoms with Gasteiger partial charge in [-0.15, -0.1) is 0 Å². The van der Waals surface area contributed by atoms with Crippen LogP contribution < -0.4 is 15.2 Å². The molecular formula is C18H23N5O2. The molecule has 132 valence electrons. The van der Waals surface area contributed by atoms with Gasteiger partial charge >= 0.3 is 0 Å². The van der Waals surface area contributed by atoms with Crippen molar-refractivity contribution in [3.63, 3.8) is 0 Å². The lowest BCUT2D eigenvalue weighted by atomic mass is 10.1. The van der Waals surface area contributed by atoms with Crippen LogP contribution in [0.25, 0.3) is 22.4 Å². The maximum atomic E-state index is 12.6. The van der Waals surface area contributed by atoms with Crippen LogP contribution in [0.5, 0.6) is 5.75 Å². The summed E-state index contributed by atoms with van der Waals surface area (Å²) in [5.41, 5.74) is 2.80. The fraction of sp³-hybridized carbons (Fsp3) is 0.389. The maximum Gasteiger partial charge on any atom is 0.262 e. The number of aromatic amines is 1. The zero-order chi connectivity index (χ0) is 18.1. The Hall–Kier alpha value is -2.83. The third kappa shape index (κ3) is 3.09. The Kier molecular flexibility index (Phi) is 4.48. The number of ether oxygens (including phenoxy) is 1. The number of nitrogens with one attached hydrogen (secondary N) is 1. The van der Waals surface area contributed by atoms with Gasteiger partial charge in [0, 0.05) is 26.8 Å². The molecule has 3 rings (SSSR count). The first-order valence-corrected chi connectivity index (χ1v) is 8.30. The van der Waals surface area contributed by atoms with E-state index in [-0.39, 0.29) is 5.56 Å². The number of anilines is 1. The summed E-state index contributed by atoms with van der Waals surface area (Å²) in [4.78, 5) is 22.1. The van der Waals surface area contributed by atoms with Gasteiger partial charge in [-0.3, -0.25) is 4.79 Å². The number of hydrogen-bond acceptors (Lipinski definition) is 5. The third-order valence-corrected chi connectivity index (χ3v) is 4.06. The van der Waals surface area contributed by atoms with Crippen LogP contribution in [0.3, 0.4) is 0 Å². The van der Waals surface area contributed by atoms with Crippen molar-refractivity contribution in [1.82, 2.24) is 19.7 Å². The lowest BCUT2D eigenvalue weighted by Crippen LogP contribution is -2.12. The molecule has 0 aliphatic carbocycles. The van der Waals surface area contributed by atoms with E-state index in [0.717, 1.165) is 17.7 Å². The minimum absolute atomic E-state index is 0.192. The van der Waals surface area contributed by atoms with Crippen molar-refractivity contribution in [2.24, 2.45) is 7.05 Å². The molecule has 1 N–H and O–H groups in total. The molecule has 0 aliphatic heterocycles. The molecular weight excluding hydrogens is 318 g/mol. The fourth-order valence-corrected chi connectivity index (χ4v) is 2.79. The number of nitrogens with zero attached hydrogens (tertiary/aromatic N) is 4. The van der Waals surface area contributed by atoms with E-state index in [0.29, 0.717) is 34.9 Å². The van der Waals surface area contributed by atoms with E-state index in [2.05, 4.69) is 22.0 Å². The average Bonchev–Trinajstić information content (AvgIpc) is 2.87. The van der Waals surface area contributed by atoms with Gasteiger partial charge < -0.3 is 14.6 Å². The molecule has 0 aliphatic rings. The molecule has 0 spiro atoms. The van der Waals surface area contributed by atoms with E-state index in [4.69, 9.17) is 4.74 Å². The molecule has 3 aromatic rings. The predicted octanol–water partition coefficient (Wildman–Crippen LogP) is 2.49. The van der Waals surface area contributed by atoms with Gasteiger partial charge in [-0.1, -0.05) is 6.92 Å². The van der Waals surface area contributed by atoms with Crippen LogP contribution in [0, 0.1) is 6.92 Å². The standard InChI is InChI=1S/C18H23N5O2/c1-6-9-25-14-8-7-12(22(3)4)10-13(14)16-19-17-15(18(24)20-16)11(2)21-23(17)5/h7-8,10H,6,9H2,1-5H3,(H,19,20,24). The first-order valence-electron chi connectivity index (χ1n) is 8.30. The average molecular weight is 341 g/mol. The number of rotatable bonds is 5. The second kappa shape index (κ2) is 6.58. The Morgan fingerprint density at radius 1 is 1.32 bits per heavy atom. The molecule has 2 aromatic heterocycles. The van der Waals surface area contributed by atoms with Gasteiger partial charge in [-0.2, -0.15) is 5.10 Å². The SMILES string of the molecule is CCCOc1ccc(N(C)C)cc1-c1nc2c(c(C)nn2C)c(=O)[nH]1. The van der Waals surface area contributed by atoms with Crippen molar-refractivity contribution >= 4 is 16.7 Å². The molecule has 0 fully saturated rings. The van der Waals surface area contributed by atoms with E-state index >= 15 is 0 Å². The van der Waals surface area contributed by atoms with Crippen LogP contribution >= 0.6 is 0 Å². The van der Waals surface area contributed by atoms with Crippen LogP contribution in [-0.2, 0) is 7.05 Å². The molecule has 0 radical (unpaired) electrons. The molecule has 0 bridgehead atoms. The zero-order valence-corrected chi connectivity index (χ0v) is 15.3. The van der Waals surface area contributed by atoms with Gasteiger partial charge in [0.1, 0.15) is 17.0 Å². The van der Waals surface area contributed by atoms with E-state index < -0.39 is 0 Å². The van der Waals surface area contributed by atoms with Gasteiger partial charge in [0.15, 0.2) is 5.65 Å². The quantitative estimate of drug-likeness (QED) is 0.771. The van der Waals surface area contributed by atoms with Crippen LogP contribution in [0.4, 0.5) is 5.69 Å². The fourth-order valence-electron chi connectivity index (χ4n) is 2.79. The van der Waals surface area contributed by atoms with Crippen molar-refractivity contribution < 1.29 is 4.74 Å². The van der Waals surface area contributed by atoms with Crippen LogP contribution in [0.2, 0.25) is 0 Å². The van der Waals surface area contributed by atoms with Gasteiger partial charge in [-0.25, -0.2) is 9.67 Å². The molecule has 0 saturated heterocycles. The number of hydrogen-bond donors (Lipinski definition) is 1. The Morgan fingerprint density at radius 2 is 2.08 bits per heavy atom. The van der Waals surface area contributed by atoms with Crippen molar-refractivity contribution in [3.8, 4) is 17.1 Å². The van der Waals surface area contributed by atoms with E-state index in [9.17, 15) is 4.79 Å². The Labute approximate surface area is 146 Å². The topological polar surface area (TPSA) is 76.0 Å². The van der Waals surface area contributed by atoms with Crippen molar-refractivity contribution in [3.05, 3.63) is 34.2 Å². The minimum Gasteiger partial charge on any atom is -0.493 e. The summed E-state index contributed by atoms with van der Waals surface area (Å²) in [5.74, 6) is 1.18. The minimum atomic E-state index is -0.192. The summed E-state index contributed by atoms with van der Waals surface area (Å²) in [6, 6.07) is 5.87. The second-order valence-corrected chi connectivity index (χ2v) is 6.25.